The number of carbonyl (C=O) groups excluding carboxylic acids is 1. The van der Waals surface area contributed by atoms with Crippen LogP contribution in [0.2, 0.25) is 0 Å². The van der Waals surface area contributed by atoms with Gasteiger partial charge in [0.05, 0.1) is 5.54 Å². The van der Waals surface area contributed by atoms with Crippen LogP contribution in [0, 0.1) is 12.3 Å². The predicted octanol–water partition coefficient (Wildman–Crippen LogP) is 0.915. The second-order valence-corrected chi connectivity index (χ2v) is 3.90. The number of hydrogen-bond acceptors (Lipinski definition) is 2. The fourth-order valence-electron chi connectivity index (χ4n) is 1.52. The first kappa shape index (κ1) is 10.1. The molecule has 0 aromatic carbocycles. The summed E-state index contributed by atoms with van der Waals surface area (Å²) in [6.45, 7) is 4.98. The zero-order chi connectivity index (χ0) is 9.90. The van der Waals surface area contributed by atoms with Crippen molar-refractivity contribution in [2.75, 3.05) is 6.54 Å². The molecule has 3 nitrogen and oxygen atoms in total. The zero-order valence-electron chi connectivity index (χ0n) is 8.26. The van der Waals surface area contributed by atoms with Crippen molar-refractivity contribution < 1.29 is 4.79 Å². The molecule has 0 aromatic heterocycles. The second-order valence-electron chi connectivity index (χ2n) is 3.90. The molecule has 1 aliphatic rings. The molecule has 1 amide bonds. The molecule has 13 heavy (non-hydrogen) atoms. The van der Waals surface area contributed by atoms with Gasteiger partial charge in [0, 0.05) is 19.4 Å². The van der Waals surface area contributed by atoms with Gasteiger partial charge in [0.1, 0.15) is 0 Å². The Morgan fingerprint density at radius 2 is 2.38 bits per heavy atom. The lowest BCUT2D eigenvalue weighted by atomic mass is 10.0. The fraction of sp³-hybridized carbons (Fsp3) is 0.700. The lowest BCUT2D eigenvalue weighted by Crippen LogP contribution is -2.47. The van der Waals surface area contributed by atoms with E-state index in [9.17, 15) is 4.79 Å². The Morgan fingerprint density at radius 1 is 1.69 bits per heavy atom. The summed E-state index contributed by atoms with van der Waals surface area (Å²) in [5.41, 5.74) is 3.01. The zero-order valence-corrected chi connectivity index (χ0v) is 8.26. The van der Waals surface area contributed by atoms with Crippen molar-refractivity contribution in [3.05, 3.63) is 0 Å². The number of hydrazine groups is 1. The van der Waals surface area contributed by atoms with Crippen LogP contribution >= 0.6 is 0 Å². The van der Waals surface area contributed by atoms with Crippen molar-refractivity contribution in [3.8, 4) is 12.3 Å². The van der Waals surface area contributed by atoms with E-state index in [1.54, 1.807) is 5.01 Å². The highest BCUT2D eigenvalue weighted by atomic mass is 16.2. The van der Waals surface area contributed by atoms with Gasteiger partial charge in [-0.2, -0.15) is 0 Å². The number of hydrogen-bond donors (Lipinski definition) is 1. The molecule has 0 saturated carbocycles. The molecule has 1 N–H and O–H groups in total. The Bertz CT molecular complexity index is 240. The van der Waals surface area contributed by atoms with E-state index in [1.165, 1.54) is 0 Å². The van der Waals surface area contributed by atoms with Crippen molar-refractivity contribution >= 4 is 5.91 Å². The summed E-state index contributed by atoms with van der Waals surface area (Å²) in [6.07, 6.45) is 7.06. The van der Waals surface area contributed by atoms with E-state index in [-0.39, 0.29) is 11.4 Å². The van der Waals surface area contributed by atoms with Crippen LogP contribution in [0.25, 0.3) is 0 Å². The maximum Gasteiger partial charge on any atom is 0.238 e. The van der Waals surface area contributed by atoms with Crippen LogP contribution in [-0.4, -0.2) is 23.0 Å². The van der Waals surface area contributed by atoms with Crippen LogP contribution in [0.3, 0.4) is 0 Å². The third-order valence-electron chi connectivity index (χ3n) is 2.34. The number of nitrogens with one attached hydrogen (secondary N) is 1. The summed E-state index contributed by atoms with van der Waals surface area (Å²) in [7, 11) is 0. The first-order valence-electron chi connectivity index (χ1n) is 4.58. The van der Waals surface area contributed by atoms with E-state index in [2.05, 4.69) is 25.2 Å². The Morgan fingerprint density at radius 3 is 2.85 bits per heavy atom. The largest absolute Gasteiger partial charge is 0.273 e. The highest BCUT2D eigenvalue weighted by Crippen LogP contribution is 2.22. The first-order valence-corrected chi connectivity index (χ1v) is 4.58. The number of amides is 1. The molecule has 1 rings (SSSR count). The average Bonchev–Trinajstić information content (AvgIpc) is 2.41. The normalized spacial score (nSPS) is 19.9. The molecular weight excluding hydrogens is 164 g/mol. The van der Waals surface area contributed by atoms with Crippen molar-refractivity contribution in [3.63, 3.8) is 0 Å². The highest BCUT2D eigenvalue weighted by molar-refractivity contribution is 5.77. The smallest absolute Gasteiger partial charge is 0.238 e. The summed E-state index contributed by atoms with van der Waals surface area (Å²) in [5.74, 6) is 2.57. The first-order chi connectivity index (χ1) is 6.08. The van der Waals surface area contributed by atoms with Crippen molar-refractivity contribution in [1.82, 2.24) is 10.4 Å². The third-order valence-corrected chi connectivity index (χ3v) is 2.34. The molecule has 0 aliphatic carbocycles. The van der Waals surface area contributed by atoms with Crippen LogP contribution in [0.5, 0.6) is 0 Å². The lowest BCUT2D eigenvalue weighted by Gasteiger charge is -2.30. The quantitative estimate of drug-likeness (QED) is 0.641. The number of carbonyl (C=O) groups is 1. The third kappa shape index (κ3) is 2.22. The molecule has 3 heteroatoms. The van der Waals surface area contributed by atoms with Crippen molar-refractivity contribution in [1.29, 1.82) is 0 Å². The molecule has 1 saturated heterocycles. The predicted molar refractivity (Wildman–Crippen MR) is 51.6 cm³/mol. The Kier molecular flexibility index (Phi) is 2.94. The van der Waals surface area contributed by atoms with Crippen LogP contribution in [0.15, 0.2) is 0 Å². The summed E-state index contributed by atoms with van der Waals surface area (Å²) in [5, 5.41) is 1.71. The SMILES string of the molecule is C#CCCC(=O)N1NCCC1(C)C. The standard InChI is InChI=1S/C10H16N2O/c1-4-5-6-9(13)12-10(2,3)7-8-11-12/h1,11H,5-8H2,2-3H3. The molecule has 0 radical (unpaired) electrons. The lowest BCUT2D eigenvalue weighted by molar-refractivity contribution is -0.137. The van der Waals surface area contributed by atoms with Crippen LogP contribution < -0.4 is 5.43 Å². The van der Waals surface area contributed by atoms with Crippen molar-refractivity contribution in [2.45, 2.75) is 38.6 Å². The molecule has 0 spiro atoms. The molecule has 1 heterocycles. The summed E-state index contributed by atoms with van der Waals surface area (Å²) >= 11 is 0. The van der Waals surface area contributed by atoms with Crippen LogP contribution in [0.1, 0.15) is 33.1 Å². The second kappa shape index (κ2) is 3.80. The van der Waals surface area contributed by atoms with Gasteiger partial charge in [-0.15, -0.1) is 12.3 Å². The van der Waals surface area contributed by atoms with Gasteiger partial charge in [0.15, 0.2) is 0 Å². The summed E-state index contributed by atoms with van der Waals surface area (Å²) in [6, 6.07) is 0. The minimum absolute atomic E-state index is 0.0638. The number of nitrogens with zero attached hydrogens (tertiary/aromatic N) is 1. The molecular formula is C10H16N2O. The van der Waals surface area contributed by atoms with Gasteiger partial charge in [-0.05, 0) is 20.3 Å². The summed E-state index contributed by atoms with van der Waals surface area (Å²) in [4.78, 5) is 11.6. The average molecular weight is 180 g/mol. The number of terminal acetylenes is 1. The van der Waals surface area contributed by atoms with Gasteiger partial charge < -0.3 is 0 Å². The van der Waals surface area contributed by atoms with E-state index in [0.29, 0.717) is 12.8 Å². The minimum Gasteiger partial charge on any atom is -0.273 e. The monoisotopic (exact) mass is 180 g/mol. The minimum atomic E-state index is -0.0638. The van der Waals surface area contributed by atoms with Crippen LogP contribution in [0.4, 0.5) is 0 Å². The van der Waals surface area contributed by atoms with Gasteiger partial charge in [-0.3, -0.25) is 9.80 Å². The topological polar surface area (TPSA) is 32.3 Å². The summed E-state index contributed by atoms with van der Waals surface area (Å²) < 4.78 is 0. The van der Waals surface area contributed by atoms with Crippen molar-refractivity contribution in [2.24, 2.45) is 0 Å². The molecule has 1 fully saturated rings. The molecule has 0 unspecified atom stereocenters. The maximum absolute atomic E-state index is 11.6. The molecule has 1 aliphatic heterocycles. The van der Waals surface area contributed by atoms with Gasteiger partial charge >= 0.3 is 0 Å². The maximum atomic E-state index is 11.6. The Hall–Kier alpha value is -1.01. The molecule has 0 bridgehead atoms. The van der Waals surface area contributed by atoms with Gasteiger partial charge in [0.2, 0.25) is 5.91 Å². The van der Waals surface area contributed by atoms with E-state index in [4.69, 9.17) is 6.42 Å². The molecule has 72 valence electrons. The van der Waals surface area contributed by atoms with Crippen LogP contribution in [-0.2, 0) is 4.79 Å². The van der Waals surface area contributed by atoms with E-state index < -0.39 is 0 Å². The van der Waals surface area contributed by atoms with Gasteiger partial charge in [-0.25, -0.2) is 5.43 Å². The van der Waals surface area contributed by atoms with Gasteiger partial charge in [0.25, 0.3) is 0 Å². The number of rotatable bonds is 2. The Balaban J connectivity index is 2.52. The van der Waals surface area contributed by atoms with E-state index in [0.717, 1.165) is 13.0 Å². The molecule has 0 aromatic rings. The highest BCUT2D eigenvalue weighted by Gasteiger charge is 2.34. The Labute approximate surface area is 79.5 Å². The van der Waals surface area contributed by atoms with E-state index in [1.807, 2.05) is 0 Å². The van der Waals surface area contributed by atoms with E-state index >= 15 is 0 Å². The molecule has 0 atom stereocenters. The fourth-order valence-corrected chi connectivity index (χ4v) is 1.52. The van der Waals surface area contributed by atoms with Gasteiger partial charge in [-0.1, -0.05) is 0 Å².